The first-order valence-electron chi connectivity index (χ1n) is 6.80. The van der Waals surface area contributed by atoms with Gasteiger partial charge in [0.15, 0.2) is 0 Å². The number of hydrogen-bond acceptors (Lipinski definition) is 3. The minimum absolute atomic E-state index is 0.218. The quantitative estimate of drug-likeness (QED) is 0.843. The first kappa shape index (κ1) is 16.4. The van der Waals surface area contributed by atoms with Crippen LogP contribution in [0.1, 0.15) is 18.9 Å². The molecule has 116 valence electrons. The topological polar surface area (TPSA) is 49.4 Å². The van der Waals surface area contributed by atoms with Gasteiger partial charge in [-0.1, -0.05) is 30.7 Å². The van der Waals surface area contributed by atoms with Crippen molar-refractivity contribution in [2.75, 3.05) is 19.6 Å². The molecule has 21 heavy (non-hydrogen) atoms. The van der Waals surface area contributed by atoms with Gasteiger partial charge < -0.3 is 5.32 Å². The van der Waals surface area contributed by atoms with Gasteiger partial charge in [0.1, 0.15) is 10.7 Å². The molecule has 7 heteroatoms. The van der Waals surface area contributed by atoms with Crippen molar-refractivity contribution in [2.45, 2.75) is 24.8 Å². The molecule has 0 aliphatic carbocycles. The van der Waals surface area contributed by atoms with E-state index >= 15 is 0 Å². The van der Waals surface area contributed by atoms with Crippen LogP contribution in [0, 0.1) is 5.82 Å². The summed E-state index contributed by atoms with van der Waals surface area (Å²) in [7, 11) is -3.87. The van der Waals surface area contributed by atoms with Crippen LogP contribution in [0.5, 0.6) is 0 Å². The van der Waals surface area contributed by atoms with Gasteiger partial charge in [0, 0.05) is 30.2 Å². The Bertz CT molecular complexity index is 647. The monoisotopic (exact) mass is 332 g/mol. The van der Waals surface area contributed by atoms with Crippen LogP contribution in [0.25, 0.3) is 0 Å². The first-order valence-corrected chi connectivity index (χ1v) is 8.62. The summed E-state index contributed by atoms with van der Waals surface area (Å²) >= 11 is 5.95. The highest BCUT2D eigenvalue weighted by atomic mass is 35.5. The largest absolute Gasteiger partial charge is 0.313 e. The van der Waals surface area contributed by atoms with E-state index < -0.39 is 15.8 Å². The lowest BCUT2D eigenvalue weighted by molar-refractivity contribution is 0.432. The van der Waals surface area contributed by atoms with E-state index in [4.69, 9.17) is 11.6 Å². The molecule has 4 nitrogen and oxygen atoms in total. The molecule has 0 aromatic heterocycles. The number of hydrogen-bond donors (Lipinski definition) is 1. The maximum absolute atomic E-state index is 14.5. The van der Waals surface area contributed by atoms with Crippen molar-refractivity contribution >= 4 is 21.6 Å². The zero-order chi connectivity index (χ0) is 15.5. The molecule has 0 bridgehead atoms. The summed E-state index contributed by atoms with van der Waals surface area (Å²) in [5.74, 6) is -0.727. The van der Waals surface area contributed by atoms with Crippen molar-refractivity contribution in [1.82, 2.24) is 9.62 Å². The van der Waals surface area contributed by atoms with E-state index in [1.807, 2.05) is 13.0 Å². The van der Waals surface area contributed by atoms with Gasteiger partial charge in [-0.15, -0.1) is 0 Å². The van der Waals surface area contributed by atoms with E-state index in [0.29, 0.717) is 19.5 Å². The Morgan fingerprint density at radius 1 is 1.38 bits per heavy atom. The maximum atomic E-state index is 14.5. The smallest absolute Gasteiger partial charge is 0.246 e. The van der Waals surface area contributed by atoms with Gasteiger partial charge in [0.05, 0.1) is 0 Å². The zero-order valence-corrected chi connectivity index (χ0v) is 13.3. The van der Waals surface area contributed by atoms with Gasteiger partial charge >= 0.3 is 0 Å². The number of benzene rings is 1. The summed E-state index contributed by atoms with van der Waals surface area (Å²) in [6.45, 7) is 3.40. The van der Waals surface area contributed by atoms with E-state index in [0.717, 1.165) is 0 Å². The Hall–Kier alpha value is -0.950. The molecule has 1 N–H and O–H groups in total. The van der Waals surface area contributed by atoms with Gasteiger partial charge in [-0.25, -0.2) is 12.8 Å². The standard InChI is InChI=1S/C14H18ClFN2O2S/c1-2-17-10-11-8-12(15)9-13(14(11)16)21(19,20)18-6-4-3-5-7-18/h3-4,8-9,17H,2,5-7,10H2,1H3. The fraction of sp³-hybridized carbons (Fsp3) is 0.429. The predicted octanol–water partition coefficient (Wildman–Crippen LogP) is 2.54. The predicted molar refractivity (Wildman–Crippen MR) is 81.3 cm³/mol. The molecule has 1 aromatic rings. The third kappa shape index (κ3) is 3.63. The molecular formula is C14H18ClFN2O2S. The van der Waals surface area contributed by atoms with Crippen molar-refractivity contribution in [3.8, 4) is 0 Å². The molecule has 0 spiro atoms. The Balaban J connectivity index is 2.42. The van der Waals surface area contributed by atoms with Crippen molar-refractivity contribution in [2.24, 2.45) is 0 Å². The molecule has 0 fully saturated rings. The number of rotatable bonds is 5. The number of sulfonamides is 1. The van der Waals surface area contributed by atoms with Crippen LogP contribution in [0.2, 0.25) is 5.02 Å². The van der Waals surface area contributed by atoms with E-state index in [9.17, 15) is 12.8 Å². The summed E-state index contributed by atoms with van der Waals surface area (Å²) in [5.41, 5.74) is 0.260. The molecule has 0 radical (unpaired) electrons. The fourth-order valence-electron chi connectivity index (χ4n) is 2.17. The van der Waals surface area contributed by atoms with Gasteiger partial charge in [-0.2, -0.15) is 4.31 Å². The van der Waals surface area contributed by atoms with Crippen molar-refractivity contribution < 1.29 is 12.8 Å². The highest BCUT2D eigenvalue weighted by Gasteiger charge is 2.29. The molecule has 2 rings (SSSR count). The van der Waals surface area contributed by atoms with Crippen molar-refractivity contribution in [3.05, 3.63) is 40.7 Å². The van der Waals surface area contributed by atoms with Crippen LogP contribution in [-0.4, -0.2) is 32.4 Å². The number of halogens is 2. The van der Waals surface area contributed by atoms with Crippen LogP contribution < -0.4 is 5.32 Å². The third-order valence-corrected chi connectivity index (χ3v) is 5.37. The van der Waals surface area contributed by atoms with E-state index in [1.165, 1.54) is 16.4 Å². The van der Waals surface area contributed by atoms with Crippen LogP contribution >= 0.6 is 11.6 Å². The molecule has 1 heterocycles. The van der Waals surface area contributed by atoms with Crippen LogP contribution in [-0.2, 0) is 16.6 Å². The molecule has 0 amide bonds. The Labute approximate surface area is 129 Å². The Kier molecular flexibility index (Phi) is 5.37. The second kappa shape index (κ2) is 6.87. The minimum atomic E-state index is -3.87. The lowest BCUT2D eigenvalue weighted by Crippen LogP contribution is -2.34. The fourth-order valence-corrected chi connectivity index (χ4v) is 4.02. The SMILES string of the molecule is CCNCc1cc(Cl)cc(S(=O)(=O)N2CC=CCC2)c1F. The average molecular weight is 333 g/mol. The highest BCUT2D eigenvalue weighted by molar-refractivity contribution is 7.89. The lowest BCUT2D eigenvalue weighted by Gasteiger charge is -2.23. The summed E-state index contributed by atoms with van der Waals surface area (Å²) in [6, 6.07) is 2.63. The lowest BCUT2D eigenvalue weighted by atomic mass is 10.2. The van der Waals surface area contributed by atoms with Crippen LogP contribution in [0.15, 0.2) is 29.2 Å². The van der Waals surface area contributed by atoms with Crippen LogP contribution in [0.3, 0.4) is 0 Å². The normalized spacial score (nSPS) is 16.3. The summed E-state index contributed by atoms with van der Waals surface area (Å²) in [4.78, 5) is -0.349. The highest BCUT2D eigenvalue weighted by Crippen LogP contribution is 2.27. The molecular weight excluding hydrogens is 315 g/mol. The minimum Gasteiger partial charge on any atom is -0.313 e. The van der Waals surface area contributed by atoms with Gasteiger partial charge in [-0.05, 0) is 25.1 Å². The molecule has 0 unspecified atom stereocenters. The van der Waals surface area contributed by atoms with E-state index in [1.54, 1.807) is 6.08 Å². The van der Waals surface area contributed by atoms with E-state index in [2.05, 4.69) is 5.32 Å². The van der Waals surface area contributed by atoms with Gasteiger partial charge in [0.2, 0.25) is 10.0 Å². The molecule has 1 aliphatic rings. The van der Waals surface area contributed by atoms with Gasteiger partial charge in [0.25, 0.3) is 0 Å². The summed E-state index contributed by atoms with van der Waals surface area (Å²) in [6.07, 6.45) is 4.31. The maximum Gasteiger partial charge on any atom is 0.246 e. The Morgan fingerprint density at radius 2 is 2.14 bits per heavy atom. The molecule has 0 atom stereocenters. The van der Waals surface area contributed by atoms with E-state index in [-0.39, 0.29) is 28.6 Å². The molecule has 1 aromatic carbocycles. The number of nitrogens with one attached hydrogen (secondary N) is 1. The van der Waals surface area contributed by atoms with Crippen molar-refractivity contribution in [3.63, 3.8) is 0 Å². The Morgan fingerprint density at radius 3 is 2.76 bits per heavy atom. The molecule has 0 saturated heterocycles. The molecule has 0 saturated carbocycles. The number of nitrogens with zero attached hydrogens (tertiary/aromatic N) is 1. The summed E-state index contributed by atoms with van der Waals surface area (Å²) in [5, 5.41) is 3.19. The average Bonchev–Trinajstić information content (AvgIpc) is 2.48. The molecule has 1 aliphatic heterocycles. The van der Waals surface area contributed by atoms with Crippen molar-refractivity contribution in [1.29, 1.82) is 0 Å². The second-order valence-corrected chi connectivity index (χ2v) is 7.12. The third-order valence-electron chi connectivity index (χ3n) is 3.28. The van der Waals surface area contributed by atoms with Gasteiger partial charge in [-0.3, -0.25) is 0 Å². The zero-order valence-electron chi connectivity index (χ0n) is 11.8. The van der Waals surface area contributed by atoms with Crippen LogP contribution in [0.4, 0.5) is 4.39 Å². The second-order valence-electron chi connectivity index (χ2n) is 4.78. The summed E-state index contributed by atoms with van der Waals surface area (Å²) < 4.78 is 40.9. The first-order chi connectivity index (χ1) is 9.96.